The monoisotopic (exact) mass is 421 g/mol. The molecular formula is C24H24FN3O3. The molecule has 0 aliphatic carbocycles. The van der Waals surface area contributed by atoms with Gasteiger partial charge in [-0.3, -0.25) is 14.4 Å². The highest BCUT2D eigenvalue weighted by molar-refractivity contribution is 5.92. The first-order valence-electron chi connectivity index (χ1n) is 9.92. The Hall–Kier alpha value is -3.74. The van der Waals surface area contributed by atoms with Gasteiger partial charge in [-0.25, -0.2) is 4.39 Å². The Kier molecular flexibility index (Phi) is 6.97. The fourth-order valence-corrected chi connectivity index (χ4v) is 3.52. The molecular weight excluding hydrogens is 397 g/mol. The fourth-order valence-electron chi connectivity index (χ4n) is 3.52. The van der Waals surface area contributed by atoms with Crippen LogP contribution in [0, 0.1) is 5.82 Å². The van der Waals surface area contributed by atoms with E-state index in [4.69, 9.17) is 5.73 Å². The highest BCUT2D eigenvalue weighted by Crippen LogP contribution is 2.20. The second-order valence-electron chi connectivity index (χ2n) is 7.35. The molecule has 6 nitrogen and oxygen atoms in total. The minimum atomic E-state index is -1.05. The molecule has 0 heterocycles. The number of hydrogen-bond donors (Lipinski definition) is 3. The van der Waals surface area contributed by atoms with E-state index >= 15 is 0 Å². The lowest BCUT2D eigenvalue weighted by Gasteiger charge is -2.22. The van der Waals surface area contributed by atoms with Gasteiger partial charge < -0.3 is 16.4 Å². The molecule has 0 saturated heterocycles. The van der Waals surface area contributed by atoms with Crippen LogP contribution in [-0.4, -0.2) is 29.8 Å². The third kappa shape index (κ3) is 5.66. The molecule has 0 spiro atoms. The zero-order valence-corrected chi connectivity index (χ0v) is 17.1. The summed E-state index contributed by atoms with van der Waals surface area (Å²) in [5.74, 6) is -2.23. The second kappa shape index (κ2) is 9.84. The molecule has 3 rings (SSSR count). The Morgan fingerprint density at radius 1 is 0.839 bits per heavy atom. The van der Waals surface area contributed by atoms with Gasteiger partial charge in [-0.05, 0) is 28.0 Å². The van der Waals surface area contributed by atoms with Crippen LogP contribution in [0.3, 0.4) is 0 Å². The topological polar surface area (TPSA) is 101 Å². The van der Waals surface area contributed by atoms with E-state index in [1.165, 1.54) is 13.0 Å². The smallest absolute Gasteiger partial charge is 0.243 e. The molecule has 0 aromatic heterocycles. The van der Waals surface area contributed by atoms with Gasteiger partial charge in [-0.15, -0.1) is 0 Å². The summed E-state index contributed by atoms with van der Waals surface area (Å²) in [7, 11) is 0. The molecule has 0 saturated carbocycles. The van der Waals surface area contributed by atoms with Crippen molar-refractivity contribution in [3.8, 4) is 0 Å². The Morgan fingerprint density at radius 3 is 2.16 bits per heavy atom. The van der Waals surface area contributed by atoms with Crippen LogP contribution in [-0.2, 0) is 27.2 Å². The number of rotatable bonds is 8. The van der Waals surface area contributed by atoms with Crippen LogP contribution in [0.1, 0.15) is 18.1 Å². The van der Waals surface area contributed by atoms with E-state index in [2.05, 4.69) is 10.6 Å². The number of fused-ring (bicyclic) bond motifs is 1. The van der Waals surface area contributed by atoms with E-state index in [1.54, 1.807) is 18.2 Å². The summed E-state index contributed by atoms with van der Waals surface area (Å²) in [6, 6.07) is 17.4. The number of benzene rings is 3. The van der Waals surface area contributed by atoms with E-state index in [0.29, 0.717) is 0 Å². The predicted molar refractivity (Wildman–Crippen MR) is 116 cm³/mol. The summed E-state index contributed by atoms with van der Waals surface area (Å²) < 4.78 is 14.1. The Balaban J connectivity index is 1.81. The molecule has 3 aromatic carbocycles. The molecule has 3 aromatic rings. The first-order valence-corrected chi connectivity index (χ1v) is 9.92. The van der Waals surface area contributed by atoms with E-state index in [1.807, 2.05) is 42.5 Å². The highest BCUT2D eigenvalue weighted by Gasteiger charge is 2.26. The van der Waals surface area contributed by atoms with Crippen LogP contribution in [0.15, 0.2) is 66.7 Å². The largest absolute Gasteiger partial charge is 0.368 e. The van der Waals surface area contributed by atoms with Gasteiger partial charge in [-0.1, -0.05) is 60.7 Å². The number of halogens is 1. The molecule has 4 N–H and O–H groups in total. The summed E-state index contributed by atoms with van der Waals surface area (Å²) in [4.78, 5) is 36.6. The number of hydrogen-bond acceptors (Lipinski definition) is 3. The first kappa shape index (κ1) is 22.0. The van der Waals surface area contributed by atoms with Crippen molar-refractivity contribution in [3.05, 3.63) is 83.7 Å². The van der Waals surface area contributed by atoms with E-state index < -0.39 is 35.6 Å². The standard InChI is InChI=1S/C24H24FN3O3/c1-15(29)27-22(14-18-8-3-5-12-20(18)25)24(31)28-21(23(26)30)13-17-10-6-9-16-7-2-4-11-19(16)17/h2-12,21-22H,13-14H2,1H3,(H2,26,30)(H,27,29)(H,28,31)/t21-,22-/m1/s1. The number of nitrogens with two attached hydrogens (primary N) is 1. The van der Waals surface area contributed by atoms with Gasteiger partial charge in [0.1, 0.15) is 17.9 Å². The lowest BCUT2D eigenvalue weighted by Crippen LogP contribution is -2.54. The van der Waals surface area contributed by atoms with Crippen LogP contribution in [0.25, 0.3) is 10.8 Å². The molecule has 0 bridgehead atoms. The maximum absolute atomic E-state index is 14.1. The van der Waals surface area contributed by atoms with Crippen LogP contribution < -0.4 is 16.4 Å². The molecule has 3 amide bonds. The molecule has 0 fully saturated rings. The quantitative estimate of drug-likeness (QED) is 0.520. The second-order valence-corrected chi connectivity index (χ2v) is 7.35. The summed E-state index contributed by atoms with van der Waals surface area (Å²) in [5, 5.41) is 7.11. The Morgan fingerprint density at radius 2 is 1.45 bits per heavy atom. The average Bonchev–Trinajstić information content (AvgIpc) is 2.74. The first-order chi connectivity index (χ1) is 14.8. The maximum atomic E-state index is 14.1. The zero-order valence-electron chi connectivity index (χ0n) is 17.1. The van der Waals surface area contributed by atoms with Gasteiger partial charge in [0.25, 0.3) is 0 Å². The number of carbonyl (C=O) groups is 3. The van der Waals surface area contributed by atoms with Crippen molar-refractivity contribution in [3.63, 3.8) is 0 Å². The van der Waals surface area contributed by atoms with Crippen molar-refractivity contribution in [1.82, 2.24) is 10.6 Å². The summed E-state index contributed by atoms with van der Waals surface area (Å²) in [6.07, 6.45) is 0.132. The van der Waals surface area contributed by atoms with Crippen molar-refractivity contribution in [2.75, 3.05) is 0 Å². The lowest BCUT2D eigenvalue weighted by atomic mass is 9.98. The predicted octanol–water partition coefficient (Wildman–Crippen LogP) is 2.24. The summed E-state index contributed by atoms with van der Waals surface area (Å²) in [6.45, 7) is 1.27. The van der Waals surface area contributed by atoms with Crippen LogP contribution in [0.4, 0.5) is 4.39 Å². The fraction of sp³-hybridized carbons (Fsp3) is 0.208. The molecule has 31 heavy (non-hydrogen) atoms. The van der Waals surface area contributed by atoms with Crippen molar-refractivity contribution in [2.45, 2.75) is 31.8 Å². The molecule has 0 radical (unpaired) electrons. The van der Waals surface area contributed by atoms with Gasteiger partial charge in [0.2, 0.25) is 17.7 Å². The highest BCUT2D eigenvalue weighted by atomic mass is 19.1. The third-order valence-corrected chi connectivity index (χ3v) is 5.04. The van der Waals surface area contributed by atoms with Gasteiger partial charge >= 0.3 is 0 Å². The van der Waals surface area contributed by atoms with Gasteiger partial charge in [0.15, 0.2) is 0 Å². The molecule has 0 aliphatic heterocycles. The van der Waals surface area contributed by atoms with Gasteiger partial charge in [0, 0.05) is 19.8 Å². The average molecular weight is 421 g/mol. The molecule has 7 heteroatoms. The number of primary amides is 1. The molecule has 0 unspecified atom stereocenters. The zero-order chi connectivity index (χ0) is 22.4. The van der Waals surface area contributed by atoms with Crippen molar-refractivity contribution in [2.24, 2.45) is 5.73 Å². The van der Waals surface area contributed by atoms with E-state index in [-0.39, 0.29) is 18.4 Å². The Labute approximate surface area is 179 Å². The SMILES string of the molecule is CC(=O)N[C@H](Cc1ccccc1F)C(=O)N[C@H](Cc1cccc2ccccc12)C(N)=O. The van der Waals surface area contributed by atoms with E-state index in [0.717, 1.165) is 16.3 Å². The van der Waals surface area contributed by atoms with E-state index in [9.17, 15) is 18.8 Å². The lowest BCUT2D eigenvalue weighted by molar-refractivity contribution is -0.130. The van der Waals surface area contributed by atoms with Crippen molar-refractivity contribution in [1.29, 1.82) is 0 Å². The minimum Gasteiger partial charge on any atom is -0.368 e. The Bertz CT molecular complexity index is 1110. The molecule has 160 valence electrons. The number of carbonyl (C=O) groups excluding carboxylic acids is 3. The summed E-state index contributed by atoms with van der Waals surface area (Å²) >= 11 is 0. The third-order valence-electron chi connectivity index (χ3n) is 5.04. The minimum absolute atomic E-state index is 0.0577. The van der Waals surface area contributed by atoms with Gasteiger partial charge in [-0.2, -0.15) is 0 Å². The maximum Gasteiger partial charge on any atom is 0.243 e. The van der Waals surface area contributed by atoms with Crippen molar-refractivity contribution >= 4 is 28.5 Å². The summed E-state index contributed by atoms with van der Waals surface area (Å²) in [5.41, 5.74) is 6.69. The van der Waals surface area contributed by atoms with Crippen molar-refractivity contribution < 1.29 is 18.8 Å². The number of nitrogens with one attached hydrogen (secondary N) is 2. The van der Waals surface area contributed by atoms with Crippen LogP contribution in [0.5, 0.6) is 0 Å². The molecule has 2 atom stereocenters. The van der Waals surface area contributed by atoms with Crippen LogP contribution in [0.2, 0.25) is 0 Å². The van der Waals surface area contributed by atoms with Crippen LogP contribution >= 0.6 is 0 Å². The number of amides is 3. The van der Waals surface area contributed by atoms with Gasteiger partial charge in [0.05, 0.1) is 0 Å². The normalized spacial score (nSPS) is 12.7. The molecule has 0 aliphatic rings.